The van der Waals surface area contributed by atoms with Crippen molar-refractivity contribution in [2.45, 2.75) is 13.8 Å². The molecule has 0 fully saturated rings. The summed E-state index contributed by atoms with van der Waals surface area (Å²) in [4.78, 5) is 29.4. The normalized spacial score (nSPS) is 10.7. The fourth-order valence-corrected chi connectivity index (χ4v) is 2.90. The number of halogens is 1. The van der Waals surface area contributed by atoms with Crippen LogP contribution in [0.5, 0.6) is 0 Å². The van der Waals surface area contributed by atoms with Gasteiger partial charge in [-0.15, -0.1) is 11.6 Å². The zero-order valence-corrected chi connectivity index (χ0v) is 15.3. The summed E-state index contributed by atoms with van der Waals surface area (Å²) in [5.41, 5.74) is 2.70. The van der Waals surface area contributed by atoms with E-state index in [-0.39, 0.29) is 11.6 Å². The molecule has 0 spiro atoms. The Morgan fingerprint density at radius 1 is 1.19 bits per heavy atom. The SMILES string of the molecule is Cc1ccccc1-n1c(C)nc2ccc(NC(=O)NCCCl)cc2c1=O. The zero-order valence-electron chi connectivity index (χ0n) is 14.5. The Balaban J connectivity index is 2.08. The number of nitrogens with zero attached hydrogens (tertiary/aromatic N) is 2. The second kappa shape index (κ2) is 7.58. The van der Waals surface area contributed by atoms with Gasteiger partial charge in [-0.05, 0) is 43.7 Å². The van der Waals surface area contributed by atoms with E-state index in [0.717, 1.165) is 11.3 Å². The lowest BCUT2D eigenvalue weighted by Gasteiger charge is -2.14. The molecule has 0 aliphatic rings. The number of alkyl halides is 1. The quantitative estimate of drug-likeness (QED) is 0.691. The van der Waals surface area contributed by atoms with Crippen LogP contribution in [0.15, 0.2) is 47.3 Å². The van der Waals surface area contributed by atoms with Gasteiger partial charge < -0.3 is 10.6 Å². The first-order valence-electron chi connectivity index (χ1n) is 8.21. The Kier molecular flexibility index (Phi) is 5.23. The van der Waals surface area contributed by atoms with Crippen LogP contribution in [0.25, 0.3) is 16.6 Å². The minimum Gasteiger partial charge on any atom is -0.337 e. The van der Waals surface area contributed by atoms with Gasteiger partial charge in [-0.2, -0.15) is 0 Å². The number of aromatic nitrogens is 2. The summed E-state index contributed by atoms with van der Waals surface area (Å²) in [6.45, 7) is 4.12. The van der Waals surface area contributed by atoms with Gasteiger partial charge in [0.05, 0.1) is 16.6 Å². The molecule has 0 saturated carbocycles. The number of hydrogen-bond acceptors (Lipinski definition) is 3. The number of carbonyl (C=O) groups is 1. The minimum atomic E-state index is -0.371. The molecule has 26 heavy (non-hydrogen) atoms. The topological polar surface area (TPSA) is 76.0 Å². The Morgan fingerprint density at radius 3 is 2.69 bits per heavy atom. The second-order valence-electron chi connectivity index (χ2n) is 5.89. The molecule has 0 aliphatic heterocycles. The number of anilines is 1. The number of urea groups is 1. The van der Waals surface area contributed by atoms with E-state index in [1.807, 2.05) is 31.2 Å². The van der Waals surface area contributed by atoms with E-state index in [1.165, 1.54) is 0 Å². The number of nitrogens with one attached hydrogen (secondary N) is 2. The number of rotatable bonds is 4. The third-order valence-electron chi connectivity index (χ3n) is 4.03. The average Bonchev–Trinajstić information content (AvgIpc) is 2.62. The van der Waals surface area contributed by atoms with Gasteiger partial charge in [-0.1, -0.05) is 18.2 Å². The summed E-state index contributed by atoms with van der Waals surface area (Å²) in [6.07, 6.45) is 0. The molecule has 0 atom stereocenters. The Hall–Kier alpha value is -2.86. The molecule has 0 saturated heterocycles. The fraction of sp³-hybridized carbons (Fsp3) is 0.211. The van der Waals surface area contributed by atoms with Crippen LogP contribution < -0.4 is 16.2 Å². The van der Waals surface area contributed by atoms with Crippen molar-refractivity contribution in [1.82, 2.24) is 14.9 Å². The highest BCUT2D eigenvalue weighted by Gasteiger charge is 2.12. The van der Waals surface area contributed by atoms with Crippen LogP contribution in [-0.2, 0) is 0 Å². The predicted octanol–water partition coefficient (Wildman–Crippen LogP) is 3.36. The number of fused-ring (bicyclic) bond motifs is 1. The smallest absolute Gasteiger partial charge is 0.319 e. The van der Waals surface area contributed by atoms with Crippen LogP contribution in [0.1, 0.15) is 11.4 Å². The predicted molar refractivity (Wildman–Crippen MR) is 105 cm³/mol. The third-order valence-corrected chi connectivity index (χ3v) is 4.22. The Labute approximate surface area is 155 Å². The lowest BCUT2D eigenvalue weighted by molar-refractivity contribution is 0.252. The third kappa shape index (κ3) is 3.55. The van der Waals surface area contributed by atoms with Gasteiger partial charge in [0.25, 0.3) is 5.56 Å². The fourth-order valence-electron chi connectivity index (χ4n) is 2.81. The molecular formula is C19H19ClN4O2. The van der Waals surface area contributed by atoms with E-state index in [0.29, 0.717) is 34.8 Å². The summed E-state index contributed by atoms with van der Waals surface area (Å²) in [5, 5.41) is 5.75. The van der Waals surface area contributed by atoms with Crippen LogP contribution in [0.2, 0.25) is 0 Å². The number of aryl methyl sites for hydroxylation is 2. The summed E-state index contributed by atoms with van der Waals surface area (Å²) in [6, 6.07) is 12.4. The molecule has 134 valence electrons. The molecule has 7 heteroatoms. The summed E-state index contributed by atoms with van der Waals surface area (Å²) < 4.78 is 1.59. The van der Waals surface area contributed by atoms with Gasteiger partial charge in [0.2, 0.25) is 0 Å². The van der Waals surface area contributed by atoms with Gasteiger partial charge in [0.15, 0.2) is 0 Å². The van der Waals surface area contributed by atoms with E-state index in [1.54, 1.807) is 29.7 Å². The van der Waals surface area contributed by atoms with E-state index < -0.39 is 0 Å². The van der Waals surface area contributed by atoms with E-state index in [2.05, 4.69) is 15.6 Å². The van der Waals surface area contributed by atoms with Gasteiger partial charge in [0.1, 0.15) is 5.82 Å². The molecule has 3 aromatic rings. The van der Waals surface area contributed by atoms with Crippen molar-refractivity contribution in [3.8, 4) is 5.69 Å². The second-order valence-corrected chi connectivity index (χ2v) is 6.27. The largest absolute Gasteiger partial charge is 0.337 e. The van der Waals surface area contributed by atoms with Crippen molar-refractivity contribution in [2.75, 3.05) is 17.7 Å². The molecular weight excluding hydrogens is 352 g/mol. The molecule has 0 bridgehead atoms. The average molecular weight is 371 g/mol. The summed E-state index contributed by atoms with van der Waals surface area (Å²) in [5.74, 6) is 0.938. The van der Waals surface area contributed by atoms with Crippen molar-refractivity contribution in [1.29, 1.82) is 0 Å². The molecule has 6 nitrogen and oxygen atoms in total. The molecule has 2 aromatic carbocycles. The van der Waals surface area contributed by atoms with Gasteiger partial charge in [0, 0.05) is 18.1 Å². The highest BCUT2D eigenvalue weighted by atomic mass is 35.5. The summed E-state index contributed by atoms with van der Waals surface area (Å²) in [7, 11) is 0. The minimum absolute atomic E-state index is 0.174. The van der Waals surface area contributed by atoms with E-state index in [9.17, 15) is 9.59 Å². The van der Waals surface area contributed by atoms with Crippen molar-refractivity contribution in [3.05, 3.63) is 64.2 Å². The number of carbonyl (C=O) groups excluding carboxylic acids is 1. The lowest BCUT2D eigenvalue weighted by atomic mass is 10.1. The van der Waals surface area contributed by atoms with Gasteiger partial charge >= 0.3 is 6.03 Å². The number of hydrogen-bond donors (Lipinski definition) is 2. The van der Waals surface area contributed by atoms with E-state index >= 15 is 0 Å². The summed E-state index contributed by atoms with van der Waals surface area (Å²) >= 11 is 5.56. The van der Waals surface area contributed by atoms with Crippen molar-refractivity contribution < 1.29 is 4.79 Å². The van der Waals surface area contributed by atoms with Crippen molar-refractivity contribution >= 4 is 34.2 Å². The first kappa shape index (κ1) is 17.9. The zero-order chi connectivity index (χ0) is 18.7. The molecule has 0 unspecified atom stereocenters. The Bertz CT molecular complexity index is 1030. The molecule has 3 rings (SSSR count). The number of amides is 2. The number of benzene rings is 2. The van der Waals surface area contributed by atoms with Crippen LogP contribution in [0.3, 0.4) is 0 Å². The molecule has 1 heterocycles. The number of para-hydroxylation sites is 1. The van der Waals surface area contributed by atoms with Crippen molar-refractivity contribution in [3.63, 3.8) is 0 Å². The highest BCUT2D eigenvalue weighted by Crippen LogP contribution is 2.18. The highest BCUT2D eigenvalue weighted by molar-refractivity contribution is 6.18. The molecule has 2 amide bonds. The van der Waals surface area contributed by atoms with Gasteiger partial charge in [-0.25, -0.2) is 9.78 Å². The monoisotopic (exact) mass is 370 g/mol. The van der Waals surface area contributed by atoms with Gasteiger partial charge in [-0.3, -0.25) is 9.36 Å². The maximum atomic E-state index is 13.1. The van der Waals surface area contributed by atoms with Crippen LogP contribution >= 0.6 is 11.6 Å². The van der Waals surface area contributed by atoms with Crippen LogP contribution in [0, 0.1) is 13.8 Å². The maximum absolute atomic E-state index is 13.1. The first-order valence-corrected chi connectivity index (χ1v) is 8.75. The molecule has 1 aromatic heterocycles. The molecule has 0 aliphatic carbocycles. The van der Waals surface area contributed by atoms with Crippen molar-refractivity contribution in [2.24, 2.45) is 0 Å². The van der Waals surface area contributed by atoms with Crippen LogP contribution in [0.4, 0.5) is 10.5 Å². The standard InChI is InChI=1S/C19H19ClN4O2/c1-12-5-3-4-6-17(12)24-13(2)22-16-8-7-14(11-15(16)18(24)25)23-19(26)21-10-9-20/h3-8,11H,9-10H2,1-2H3,(H2,21,23,26). The Morgan fingerprint density at radius 2 is 1.96 bits per heavy atom. The first-order chi connectivity index (χ1) is 12.5. The molecule has 2 N–H and O–H groups in total. The maximum Gasteiger partial charge on any atom is 0.319 e. The van der Waals surface area contributed by atoms with E-state index in [4.69, 9.17) is 11.6 Å². The molecule has 0 radical (unpaired) electrons. The van der Waals surface area contributed by atoms with Crippen LogP contribution in [-0.4, -0.2) is 28.0 Å². The lowest BCUT2D eigenvalue weighted by Crippen LogP contribution is -2.30.